The molecule has 1 N–H and O–H groups in total. The quantitative estimate of drug-likeness (QED) is 0.678. The minimum atomic E-state index is -1.58. The topological polar surface area (TPSA) is 92.6 Å². The van der Waals surface area contributed by atoms with Gasteiger partial charge >= 0.3 is 12.2 Å². The number of carbonyl (C=O) groups excluding carboxylic acids is 1. The predicted molar refractivity (Wildman–Crippen MR) is 68.8 cm³/mol. The van der Waals surface area contributed by atoms with Crippen molar-refractivity contribution in [3.63, 3.8) is 0 Å². The Labute approximate surface area is 119 Å². The Morgan fingerprint density at radius 3 is 2.42 bits per heavy atom. The summed E-state index contributed by atoms with van der Waals surface area (Å²) < 4.78 is 4.78. The van der Waals surface area contributed by atoms with E-state index in [0.717, 1.165) is 6.42 Å². The summed E-state index contributed by atoms with van der Waals surface area (Å²) in [6, 6.07) is 1.22. The molecule has 0 radical (unpaired) electrons. The zero-order valence-corrected chi connectivity index (χ0v) is 11.5. The molecule has 0 atom stereocenters. The summed E-state index contributed by atoms with van der Waals surface area (Å²) in [5.41, 5.74) is 0. The Kier molecular flexibility index (Phi) is 5.78. The number of hydrogen-bond acceptors (Lipinski definition) is 5. The first-order chi connectivity index (χ1) is 8.95. The smallest absolute Gasteiger partial charge is 0.426 e. The molecule has 0 saturated heterocycles. The molecule has 0 spiro atoms. The number of carbonyl (C=O) groups is 2. The monoisotopic (exact) mass is 307 g/mol. The maximum atomic E-state index is 11.6. The average Bonchev–Trinajstić information content (AvgIpc) is 2.27. The van der Waals surface area contributed by atoms with E-state index >= 15 is 0 Å². The van der Waals surface area contributed by atoms with Crippen LogP contribution in [0.5, 0.6) is 0 Å². The van der Waals surface area contributed by atoms with E-state index in [9.17, 15) is 9.59 Å². The molecule has 0 aliphatic carbocycles. The highest BCUT2D eigenvalue weighted by Crippen LogP contribution is 2.18. The molecule has 7 nitrogen and oxygen atoms in total. The molecule has 0 saturated carbocycles. The van der Waals surface area contributed by atoms with Crippen molar-refractivity contribution >= 4 is 41.3 Å². The first-order valence-corrected chi connectivity index (χ1v) is 6.11. The molecule has 0 aliphatic heterocycles. The minimum absolute atomic E-state index is 0.0809. The van der Waals surface area contributed by atoms with Gasteiger partial charge in [0.15, 0.2) is 0 Å². The van der Waals surface area contributed by atoms with E-state index in [1.807, 2.05) is 6.92 Å². The van der Waals surface area contributed by atoms with Crippen LogP contribution in [-0.2, 0) is 4.74 Å². The van der Waals surface area contributed by atoms with Gasteiger partial charge in [-0.1, -0.05) is 36.5 Å². The maximum absolute atomic E-state index is 11.6. The van der Waals surface area contributed by atoms with Gasteiger partial charge in [-0.15, -0.1) is 4.90 Å². The fourth-order valence-electron chi connectivity index (χ4n) is 1.09. The Balaban J connectivity index is 2.93. The molecule has 1 heterocycles. The molecule has 1 aromatic heterocycles. The summed E-state index contributed by atoms with van der Waals surface area (Å²) in [6.07, 6.45) is -1.25. The van der Waals surface area contributed by atoms with Gasteiger partial charge in [0.05, 0.1) is 6.61 Å². The third-order valence-electron chi connectivity index (χ3n) is 1.95. The van der Waals surface area contributed by atoms with Crippen molar-refractivity contribution in [1.82, 2.24) is 9.97 Å². The fourth-order valence-corrected chi connectivity index (χ4v) is 1.51. The molecular weight excluding hydrogens is 297 g/mol. The van der Waals surface area contributed by atoms with Crippen LogP contribution in [0.3, 0.4) is 0 Å². The highest BCUT2D eigenvalue weighted by Gasteiger charge is 2.27. The lowest BCUT2D eigenvalue weighted by molar-refractivity contribution is 0.147. The van der Waals surface area contributed by atoms with Crippen LogP contribution < -0.4 is 4.90 Å². The molecule has 0 aromatic carbocycles. The summed E-state index contributed by atoms with van der Waals surface area (Å²) in [5, 5.41) is 8.83. The van der Waals surface area contributed by atoms with Crippen LogP contribution in [-0.4, -0.2) is 33.9 Å². The molecule has 0 unspecified atom stereocenters. The molecule has 2 amide bonds. The lowest BCUT2D eigenvalue weighted by Crippen LogP contribution is -2.37. The van der Waals surface area contributed by atoms with Gasteiger partial charge in [0, 0.05) is 6.07 Å². The number of halogens is 2. The number of unbranched alkanes of at least 4 members (excludes halogenated alkanes) is 1. The maximum Gasteiger partial charge on any atom is 0.426 e. The molecule has 19 heavy (non-hydrogen) atoms. The van der Waals surface area contributed by atoms with Gasteiger partial charge < -0.3 is 9.84 Å². The van der Waals surface area contributed by atoms with Crippen molar-refractivity contribution in [2.24, 2.45) is 0 Å². The molecule has 0 fully saturated rings. The molecule has 1 aromatic rings. The number of imide groups is 1. The summed E-state index contributed by atoms with van der Waals surface area (Å²) in [7, 11) is 0. The molecule has 1 rings (SSSR count). The third-order valence-corrected chi connectivity index (χ3v) is 2.34. The molecule has 9 heteroatoms. The van der Waals surface area contributed by atoms with Crippen LogP contribution in [0.1, 0.15) is 19.8 Å². The number of ether oxygens (including phenoxy) is 1. The van der Waals surface area contributed by atoms with E-state index in [2.05, 4.69) is 9.97 Å². The highest BCUT2D eigenvalue weighted by molar-refractivity contribution is 6.33. The van der Waals surface area contributed by atoms with Crippen LogP contribution >= 0.6 is 23.2 Å². The largest absolute Gasteiger partial charge is 0.464 e. The number of hydrogen-bond donors (Lipinski definition) is 1. The summed E-state index contributed by atoms with van der Waals surface area (Å²) in [6.45, 7) is 2.01. The van der Waals surface area contributed by atoms with Gasteiger partial charge in [0.25, 0.3) is 0 Å². The van der Waals surface area contributed by atoms with Crippen molar-refractivity contribution in [2.45, 2.75) is 19.8 Å². The van der Waals surface area contributed by atoms with Crippen LogP contribution in [0, 0.1) is 0 Å². The normalized spacial score (nSPS) is 10.1. The van der Waals surface area contributed by atoms with E-state index in [0.29, 0.717) is 6.42 Å². The lowest BCUT2D eigenvalue weighted by atomic mass is 10.4. The van der Waals surface area contributed by atoms with Gasteiger partial charge in [-0.05, 0) is 6.42 Å². The first-order valence-electron chi connectivity index (χ1n) is 5.35. The summed E-state index contributed by atoms with van der Waals surface area (Å²) in [4.78, 5) is 30.2. The van der Waals surface area contributed by atoms with Gasteiger partial charge in [-0.25, -0.2) is 9.59 Å². The van der Waals surface area contributed by atoms with Crippen molar-refractivity contribution in [1.29, 1.82) is 0 Å². The van der Waals surface area contributed by atoms with Crippen LogP contribution in [0.25, 0.3) is 0 Å². The summed E-state index contributed by atoms with van der Waals surface area (Å²) in [5.74, 6) is -0.452. The molecule has 0 bridgehead atoms. The van der Waals surface area contributed by atoms with E-state index in [-0.39, 0.29) is 21.8 Å². The number of rotatable bonds is 4. The van der Waals surface area contributed by atoms with E-state index in [1.165, 1.54) is 6.07 Å². The van der Waals surface area contributed by atoms with Crippen LogP contribution in [0.2, 0.25) is 10.3 Å². The Morgan fingerprint density at radius 2 is 1.95 bits per heavy atom. The zero-order valence-electron chi connectivity index (χ0n) is 9.97. The number of anilines is 1. The van der Waals surface area contributed by atoms with Gasteiger partial charge in [0.2, 0.25) is 5.95 Å². The van der Waals surface area contributed by atoms with Crippen molar-refractivity contribution in [3.05, 3.63) is 16.4 Å². The summed E-state index contributed by atoms with van der Waals surface area (Å²) >= 11 is 11.2. The number of amides is 2. The van der Waals surface area contributed by atoms with E-state index in [4.69, 9.17) is 33.0 Å². The fraction of sp³-hybridized carbons (Fsp3) is 0.400. The van der Waals surface area contributed by atoms with E-state index < -0.39 is 18.1 Å². The Bertz CT molecular complexity index is 464. The van der Waals surface area contributed by atoms with E-state index in [1.54, 1.807) is 0 Å². The Hall–Kier alpha value is -1.60. The second-order valence-corrected chi connectivity index (χ2v) is 4.17. The highest BCUT2D eigenvalue weighted by atomic mass is 35.5. The third kappa shape index (κ3) is 4.53. The number of nitrogens with zero attached hydrogens (tertiary/aromatic N) is 3. The molecule has 0 aliphatic rings. The average molecular weight is 308 g/mol. The SMILES string of the molecule is CCCCOC(=O)N(C(=O)O)c1nc(Cl)cc(Cl)n1. The standard InChI is InChI=1S/C10H11Cl2N3O4/c1-2-3-4-19-10(18)15(9(16)17)8-13-6(11)5-7(12)14-8/h5H,2-4H2,1H3,(H,16,17). The number of carboxylic acid groups (broad SMARTS) is 1. The van der Waals surface area contributed by atoms with Crippen molar-refractivity contribution in [2.75, 3.05) is 11.5 Å². The van der Waals surface area contributed by atoms with Crippen LogP contribution in [0.15, 0.2) is 6.07 Å². The lowest BCUT2D eigenvalue weighted by Gasteiger charge is -2.15. The molecule has 104 valence electrons. The van der Waals surface area contributed by atoms with Gasteiger partial charge in [-0.2, -0.15) is 9.97 Å². The van der Waals surface area contributed by atoms with Gasteiger partial charge in [0.1, 0.15) is 10.3 Å². The Morgan fingerprint density at radius 1 is 1.37 bits per heavy atom. The molecular formula is C10H11Cl2N3O4. The second kappa shape index (κ2) is 7.10. The zero-order chi connectivity index (χ0) is 14.4. The second-order valence-electron chi connectivity index (χ2n) is 3.40. The first kappa shape index (κ1) is 15.5. The predicted octanol–water partition coefficient (Wildman–Crippen LogP) is 3.20. The minimum Gasteiger partial charge on any atom is -0.464 e. The van der Waals surface area contributed by atoms with Gasteiger partial charge in [-0.3, -0.25) is 0 Å². The van der Waals surface area contributed by atoms with Crippen molar-refractivity contribution < 1.29 is 19.4 Å². The van der Waals surface area contributed by atoms with Crippen LogP contribution in [0.4, 0.5) is 15.5 Å². The number of aromatic nitrogens is 2. The van der Waals surface area contributed by atoms with Crippen molar-refractivity contribution in [3.8, 4) is 0 Å².